The van der Waals surface area contributed by atoms with Crippen molar-refractivity contribution in [3.8, 4) is 11.1 Å². The molecule has 0 N–H and O–H groups in total. The first kappa shape index (κ1) is 19.8. The summed E-state index contributed by atoms with van der Waals surface area (Å²) in [6.07, 6.45) is 0. The van der Waals surface area contributed by atoms with Gasteiger partial charge < -0.3 is 9.80 Å². The van der Waals surface area contributed by atoms with E-state index in [-0.39, 0.29) is 0 Å². The van der Waals surface area contributed by atoms with Crippen molar-refractivity contribution in [2.24, 2.45) is 0 Å². The largest absolute Gasteiger partial charge is 0.370 e. The van der Waals surface area contributed by atoms with E-state index in [0.29, 0.717) is 0 Å². The Balaban J connectivity index is 1.39. The van der Waals surface area contributed by atoms with Crippen LogP contribution in [0, 0.1) is 0 Å². The highest BCUT2D eigenvalue weighted by atomic mass is 15.1. The van der Waals surface area contributed by atoms with Gasteiger partial charge in [0.25, 0.3) is 0 Å². The summed E-state index contributed by atoms with van der Waals surface area (Å²) in [6.45, 7) is 1.80. The van der Waals surface area contributed by atoms with E-state index < -0.39 is 0 Å². The SMILES string of the molecule is CN(Cc1ccc(-c2ccc(CN(C)c3ccccc3)cc2)cc1)c1ccccc1. The Hall–Kier alpha value is -3.52. The van der Waals surface area contributed by atoms with Crippen LogP contribution in [0.3, 0.4) is 0 Å². The zero-order valence-electron chi connectivity index (χ0n) is 17.7. The predicted molar refractivity (Wildman–Crippen MR) is 129 cm³/mol. The monoisotopic (exact) mass is 392 g/mol. The minimum Gasteiger partial charge on any atom is -0.370 e. The average molecular weight is 393 g/mol. The Morgan fingerprint density at radius 2 is 0.767 bits per heavy atom. The van der Waals surface area contributed by atoms with Gasteiger partial charge in [0.05, 0.1) is 0 Å². The van der Waals surface area contributed by atoms with Gasteiger partial charge in [0.2, 0.25) is 0 Å². The van der Waals surface area contributed by atoms with Gasteiger partial charge in [-0.05, 0) is 46.5 Å². The third-order valence-corrected chi connectivity index (χ3v) is 5.47. The zero-order valence-corrected chi connectivity index (χ0v) is 17.7. The Morgan fingerprint density at radius 1 is 0.433 bits per heavy atom. The van der Waals surface area contributed by atoms with E-state index in [1.165, 1.54) is 33.6 Å². The van der Waals surface area contributed by atoms with Crippen LogP contribution < -0.4 is 9.80 Å². The molecule has 4 aromatic carbocycles. The molecule has 0 aliphatic heterocycles. The van der Waals surface area contributed by atoms with E-state index in [1.54, 1.807) is 0 Å². The zero-order chi connectivity index (χ0) is 20.8. The fourth-order valence-corrected chi connectivity index (χ4v) is 3.70. The lowest BCUT2D eigenvalue weighted by Crippen LogP contribution is -2.16. The predicted octanol–water partition coefficient (Wildman–Crippen LogP) is 6.63. The fraction of sp³-hybridized carbons (Fsp3) is 0.143. The molecule has 2 nitrogen and oxygen atoms in total. The van der Waals surface area contributed by atoms with Crippen molar-refractivity contribution in [2.75, 3.05) is 23.9 Å². The van der Waals surface area contributed by atoms with Crippen LogP contribution >= 0.6 is 0 Å². The number of hydrogen-bond donors (Lipinski definition) is 0. The Morgan fingerprint density at radius 3 is 1.10 bits per heavy atom. The maximum absolute atomic E-state index is 2.27. The van der Waals surface area contributed by atoms with E-state index in [2.05, 4.69) is 133 Å². The topological polar surface area (TPSA) is 6.48 Å². The van der Waals surface area contributed by atoms with Crippen molar-refractivity contribution in [2.45, 2.75) is 13.1 Å². The summed E-state index contributed by atoms with van der Waals surface area (Å²) < 4.78 is 0. The van der Waals surface area contributed by atoms with Crippen LogP contribution in [0.25, 0.3) is 11.1 Å². The second-order valence-electron chi connectivity index (χ2n) is 7.78. The molecule has 2 heteroatoms. The molecule has 0 atom stereocenters. The van der Waals surface area contributed by atoms with Crippen LogP contribution in [-0.2, 0) is 13.1 Å². The van der Waals surface area contributed by atoms with Crippen molar-refractivity contribution in [1.29, 1.82) is 0 Å². The van der Waals surface area contributed by atoms with Gasteiger partial charge in [-0.15, -0.1) is 0 Å². The van der Waals surface area contributed by atoms with Gasteiger partial charge >= 0.3 is 0 Å². The molecule has 0 unspecified atom stereocenters. The van der Waals surface area contributed by atoms with Crippen LogP contribution in [0.4, 0.5) is 11.4 Å². The van der Waals surface area contributed by atoms with E-state index in [9.17, 15) is 0 Å². The number of rotatable bonds is 7. The minimum absolute atomic E-state index is 0.898. The standard InChI is InChI=1S/C28H28N2/c1-29(27-9-5-3-6-10-27)21-23-13-17-25(18-14-23)26-19-15-24(16-20-26)22-30(2)28-11-7-4-8-12-28/h3-20H,21-22H2,1-2H3. The first-order valence-electron chi connectivity index (χ1n) is 10.4. The molecule has 0 bridgehead atoms. The van der Waals surface area contributed by atoms with Crippen molar-refractivity contribution >= 4 is 11.4 Å². The number of anilines is 2. The first-order valence-corrected chi connectivity index (χ1v) is 10.4. The third-order valence-electron chi connectivity index (χ3n) is 5.47. The van der Waals surface area contributed by atoms with Crippen LogP contribution in [0.15, 0.2) is 109 Å². The van der Waals surface area contributed by atoms with Crippen molar-refractivity contribution in [3.05, 3.63) is 120 Å². The van der Waals surface area contributed by atoms with Gasteiger partial charge in [0, 0.05) is 38.6 Å². The number of nitrogens with zero attached hydrogens (tertiary/aromatic N) is 2. The molecule has 0 saturated carbocycles. The quantitative estimate of drug-likeness (QED) is 0.348. The summed E-state index contributed by atoms with van der Waals surface area (Å²) in [5, 5.41) is 0. The van der Waals surface area contributed by atoms with Crippen LogP contribution in [0.5, 0.6) is 0 Å². The highest BCUT2D eigenvalue weighted by Crippen LogP contribution is 2.23. The smallest absolute Gasteiger partial charge is 0.0426 e. The molecule has 4 aromatic rings. The van der Waals surface area contributed by atoms with Gasteiger partial charge in [0.15, 0.2) is 0 Å². The Labute approximate surface area is 180 Å². The van der Waals surface area contributed by atoms with Crippen molar-refractivity contribution in [3.63, 3.8) is 0 Å². The van der Waals surface area contributed by atoms with E-state index in [4.69, 9.17) is 0 Å². The normalized spacial score (nSPS) is 10.6. The summed E-state index contributed by atoms with van der Waals surface area (Å²) in [5.41, 5.74) is 7.60. The highest BCUT2D eigenvalue weighted by molar-refractivity contribution is 5.64. The number of hydrogen-bond acceptors (Lipinski definition) is 2. The number of para-hydroxylation sites is 2. The summed E-state index contributed by atoms with van der Waals surface area (Å²) in [7, 11) is 4.27. The molecule has 0 aliphatic carbocycles. The van der Waals surface area contributed by atoms with Crippen LogP contribution in [-0.4, -0.2) is 14.1 Å². The molecule has 30 heavy (non-hydrogen) atoms. The van der Waals surface area contributed by atoms with E-state index in [1.807, 2.05) is 0 Å². The van der Waals surface area contributed by atoms with Crippen LogP contribution in [0.1, 0.15) is 11.1 Å². The molecule has 0 saturated heterocycles. The molecule has 0 radical (unpaired) electrons. The molecule has 0 amide bonds. The average Bonchev–Trinajstić information content (AvgIpc) is 2.81. The van der Waals surface area contributed by atoms with Crippen molar-refractivity contribution < 1.29 is 0 Å². The fourth-order valence-electron chi connectivity index (χ4n) is 3.70. The summed E-state index contributed by atoms with van der Waals surface area (Å²) in [4.78, 5) is 4.54. The van der Waals surface area contributed by atoms with E-state index in [0.717, 1.165) is 13.1 Å². The second-order valence-corrected chi connectivity index (χ2v) is 7.78. The summed E-state index contributed by atoms with van der Waals surface area (Å²) >= 11 is 0. The Bertz CT molecular complexity index is 950. The first-order chi connectivity index (χ1) is 14.7. The summed E-state index contributed by atoms with van der Waals surface area (Å²) in [6, 6.07) is 38.8. The van der Waals surface area contributed by atoms with E-state index >= 15 is 0 Å². The molecular formula is C28H28N2. The minimum atomic E-state index is 0.898. The van der Waals surface area contributed by atoms with Gasteiger partial charge in [-0.25, -0.2) is 0 Å². The lowest BCUT2D eigenvalue weighted by atomic mass is 10.0. The summed E-state index contributed by atoms with van der Waals surface area (Å²) in [5.74, 6) is 0. The van der Waals surface area contributed by atoms with Crippen molar-refractivity contribution in [1.82, 2.24) is 0 Å². The molecule has 0 fully saturated rings. The maximum Gasteiger partial charge on any atom is 0.0426 e. The molecule has 150 valence electrons. The maximum atomic E-state index is 2.27. The van der Waals surface area contributed by atoms with Gasteiger partial charge in [-0.3, -0.25) is 0 Å². The molecule has 0 aliphatic rings. The lowest BCUT2D eigenvalue weighted by Gasteiger charge is -2.20. The highest BCUT2D eigenvalue weighted by Gasteiger charge is 2.05. The molecule has 4 rings (SSSR count). The molecule has 0 heterocycles. The third kappa shape index (κ3) is 4.90. The molecular weight excluding hydrogens is 364 g/mol. The van der Waals surface area contributed by atoms with Gasteiger partial charge in [-0.2, -0.15) is 0 Å². The molecule has 0 spiro atoms. The second kappa shape index (κ2) is 9.32. The van der Waals surface area contributed by atoms with Gasteiger partial charge in [0.1, 0.15) is 0 Å². The number of benzene rings is 4. The van der Waals surface area contributed by atoms with Crippen LogP contribution in [0.2, 0.25) is 0 Å². The Kier molecular flexibility index (Phi) is 6.14. The lowest BCUT2D eigenvalue weighted by molar-refractivity contribution is 0.922. The molecule has 0 aromatic heterocycles. The van der Waals surface area contributed by atoms with Gasteiger partial charge in [-0.1, -0.05) is 84.9 Å².